The number of nitrogens with zero attached hydrogens (tertiary/aromatic N) is 2. The van der Waals surface area contributed by atoms with E-state index in [2.05, 4.69) is 32.2 Å². The van der Waals surface area contributed by atoms with Crippen molar-refractivity contribution in [2.24, 2.45) is 10.9 Å². The van der Waals surface area contributed by atoms with Crippen LogP contribution in [0.3, 0.4) is 0 Å². The highest BCUT2D eigenvalue weighted by atomic mass is 127. The Hall–Kier alpha value is -1.32. The van der Waals surface area contributed by atoms with Gasteiger partial charge in [0.1, 0.15) is 5.75 Å². The Morgan fingerprint density at radius 1 is 1.33 bits per heavy atom. The minimum absolute atomic E-state index is 0. The van der Waals surface area contributed by atoms with Gasteiger partial charge in [-0.3, -0.25) is 4.99 Å². The lowest BCUT2D eigenvalue weighted by Gasteiger charge is -2.22. The minimum Gasteiger partial charge on any atom is -0.433 e. The van der Waals surface area contributed by atoms with Crippen LogP contribution in [0.5, 0.6) is 5.75 Å². The monoisotopic (exact) mass is 494 g/mol. The Morgan fingerprint density at radius 2 is 2.11 bits per heavy atom. The summed E-state index contributed by atoms with van der Waals surface area (Å²) in [6.45, 7) is 0.920. The second-order valence-corrected chi connectivity index (χ2v) is 7.03. The molecule has 3 rings (SSSR count). The highest BCUT2D eigenvalue weighted by Crippen LogP contribution is 2.34. The lowest BCUT2D eigenvalue weighted by molar-refractivity contribution is -0.0495. The van der Waals surface area contributed by atoms with Gasteiger partial charge in [-0.25, -0.2) is 0 Å². The summed E-state index contributed by atoms with van der Waals surface area (Å²) < 4.78 is 29.9. The number of alkyl halides is 2. The van der Waals surface area contributed by atoms with Crippen molar-refractivity contribution in [3.63, 3.8) is 0 Å². The number of para-hydroxylation sites is 2. The van der Waals surface area contributed by atoms with E-state index in [1.165, 1.54) is 19.3 Å². The van der Waals surface area contributed by atoms with Gasteiger partial charge in [0.05, 0.1) is 5.69 Å². The molecule has 0 spiro atoms. The fraction of sp³-hybridized carbons (Fsp3) is 0.632. The standard InChI is InChI=1S/C19H28F2N4O.HI/c1-3-6-13-11-15(13)24-19(22-2)23-14-9-10-25(12-14)16-7-4-5-8-17(16)26-18(20)21;/h4-5,7-8,13-15,18H,3,6,9-12H2,1-2H3,(H2,22,23,24);1H. The van der Waals surface area contributed by atoms with Crippen LogP contribution in [0.25, 0.3) is 0 Å². The van der Waals surface area contributed by atoms with Crippen molar-refractivity contribution >= 4 is 35.6 Å². The van der Waals surface area contributed by atoms with Crippen molar-refractivity contribution in [2.75, 3.05) is 25.0 Å². The number of nitrogens with one attached hydrogen (secondary N) is 2. The fourth-order valence-electron chi connectivity index (χ4n) is 3.66. The van der Waals surface area contributed by atoms with Gasteiger partial charge in [0.2, 0.25) is 0 Å². The quantitative estimate of drug-likeness (QED) is 0.344. The number of aliphatic imine (C=N–C) groups is 1. The fourth-order valence-corrected chi connectivity index (χ4v) is 3.66. The molecule has 1 saturated carbocycles. The van der Waals surface area contributed by atoms with Crippen LogP contribution in [0.15, 0.2) is 29.3 Å². The number of guanidine groups is 1. The Labute approximate surface area is 177 Å². The van der Waals surface area contributed by atoms with Crippen LogP contribution in [-0.4, -0.2) is 44.8 Å². The highest BCUT2D eigenvalue weighted by molar-refractivity contribution is 14.0. The number of hydrogen-bond donors (Lipinski definition) is 2. The zero-order valence-electron chi connectivity index (χ0n) is 15.8. The van der Waals surface area contributed by atoms with E-state index in [9.17, 15) is 8.78 Å². The van der Waals surface area contributed by atoms with Crippen molar-refractivity contribution in [1.82, 2.24) is 10.6 Å². The molecule has 1 aromatic rings. The normalized spacial score (nSPS) is 24.6. The first-order valence-corrected chi connectivity index (χ1v) is 9.39. The molecule has 0 amide bonds. The van der Waals surface area contributed by atoms with Gasteiger partial charge in [-0.1, -0.05) is 25.5 Å². The molecule has 2 fully saturated rings. The summed E-state index contributed by atoms with van der Waals surface area (Å²) in [6.07, 6.45) is 4.61. The number of hydrogen-bond acceptors (Lipinski definition) is 3. The first-order chi connectivity index (χ1) is 12.6. The molecular formula is C19H29F2IN4O. The highest BCUT2D eigenvalue weighted by Gasteiger charge is 2.37. The van der Waals surface area contributed by atoms with E-state index in [0.29, 0.717) is 11.7 Å². The Bertz CT molecular complexity index is 631. The van der Waals surface area contributed by atoms with Crippen molar-refractivity contribution in [2.45, 2.75) is 51.3 Å². The molecule has 2 aliphatic rings. The third kappa shape index (κ3) is 6.08. The first kappa shape index (κ1) is 22.0. The predicted molar refractivity (Wildman–Crippen MR) is 116 cm³/mol. The third-order valence-electron chi connectivity index (χ3n) is 5.08. The molecule has 1 aliphatic carbocycles. The van der Waals surface area contributed by atoms with Crippen LogP contribution >= 0.6 is 24.0 Å². The van der Waals surface area contributed by atoms with Gasteiger partial charge in [0.15, 0.2) is 5.96 Å². The van der Waals surface area contributed by atoms with Crippen molar-refractivity contribution < 1.29 is 13.5 Å². The largest absolute Gasteiger partial charge is 0.433 e. The number of benzene rings is 1. The summed E-state index contributed by atoms with van der Waals surface area (Å²) in [7, 11) is 1.78. The average molecular weight is 494 g/mol. The second kappa shape index (κ2) is 10.3. The smallest absolute Gasteiger partial charge is 0.387 e. The molecule has 1 aromatic carbocycles. The van der Waals surface area contributed by atoms with E-state index >= 15 is 0 Å². The topological polar surface area (TPSA) is 48.9 Å². The molecule has 2 N–H and O–H groups in total. The van der Waals surface area contributed by atoms with Crippen LogP contribution in [-0.2, 0) is 0 Å². The van der Waals surface area contributed by atoms with Crippen LogP contribution in [0.2, 0.25) is 0 Å². The SMILES string of the molecule is CCCC1CC1NC(=NC)NC1CCN(c2ccccc2OC(F)F)C1.I. The van der Waals surface area contributed by atoms with E-state index in [0.717, 1.165) is 31.4 Å². The van der Waals surface area contributed by atoms with Crippen LogP contribution in [0, 0.1) is 5.92 Å². The van der Waals surface area contributed by atoms with Crippen LogP contribution in [0.1, 0.15) is 32.6 Å². The molecule has 0 aromatic heterocycles. The lowest BCUT2D eigenvalue weighted by Crippen LogP contribution is -2.45. The van der Waals surface area contributed by atoms with E-state index in [1.807, 2.05) is 12.1 Å². The number of ether oxygens (including phenoxy) is 1. The lowest BCUT2D eigenvalue weighted by atomic mass is 10.2. The zero-order valence-corrected chi connectivity index (χ0v) is 18.2. The number of rotatable bonds is 7. The molecule has 1 heterocycles. The molecule has 8 heteroatoms. The summed E-state index contributed by atoms with van der Waals surface area (Å²) in [5.74, 6) is 1.82. The van der Waals surface area contributed by atoms with E-state index in [1.54, 1.807) is 19.2 Å². The van der Waals surface area contributed by atoms with Crippen molar-refractivity contribution in [1.29, 1.82) is 0 Å². The summed E-state index contributed by atoms with van der Waals surface area (Å²) in [5.41, 5.74) is 0.713. The van der Waals surface area contributed by atoms with E-state index in [-0.39, 0.29) is 35.8 Å². The van der Waals surface area contributed by atoms with Crippen LogP contribution < -0.4 is 20.3 Å². The maximum absolute atomic E-state index is 12.6. The zero-order chi connectivity index (χ0) is 18.5. The van der Waals surface area contributed by atoms with Gasteiger partial charge in [-0.2, -0.15) is 8.78 Å². The average Bonchev–Trinajstić information content (AvgIpc) is 3.17. The Balaban J connectivity index is 0.00000261. The molecule has 0 radical (unpaired) electrons. The molecular weight excluding hydrogens is 465 g/mol. The van der Waals surface area contributed by atoms with Gasteiger partial charge < -0.3 is 20.3 Å². The van der Waals surface area contributed by atoms with E-state index in [4.69, 9.17) is 0 Å². The maximum atomic E-state index is 12.6. The first-order valence-electron chi connectivity index (χ1n) is 9.39. The summed E-state index contributed by atoms with van der Waals surface area (Å²) in [4.78, 5) is 6.42. The molecule has 3 atom stereocenters. The Kier molecular flexibility index (Phi) is 8.37. The molecule has 5 nitrogen and oxygen atoms in total. The molecule has 152 valence electrons. The van der Waals surface area contributed by atoms with Crippen molar-refractivity contribution in [3.8, 4) is 5.75 Å². The maximum Gasteiger partial charge on any atom is 0.387 e. The van der Waals surface area contributed by atoms with Crippen LogP contribution in [0.4, 0.5) is 14.5 Å². The summed E-state index contributed by atoms with van der Waals surface area (Å²) >= 11 is 0. The van der Waals surface area contributed by atoms with Gasteiger partial charge in [-0.15, -0.1) is 24.0 Å². The van der Waals surface area contributed by atoms with Crippen molar-refractivity contribution in [3.05, 3.63) is 24.3 Å². The van der Waals surface area contributed by atoms with Gasteiger partial charge in [0.25, 0.3) is 0 Å². The molecule has 3 unspecified atom stereocenters. The number of halogens is 3. The summed E-state index contributed by atoms with van der Waals surface area (Å²) in [6, 6.07) is 7.72. The second-order valence-electron chi connectivity index (χ2n) is 7.03. The third-order valence-corrected chi connectivity index (χ3v) is 5.08. The molecule has 0 bridgehead atoms. The molecule has 27 heavy (non-hydrogen) atoms. The predicted octanol–water partition coefficient (Wildman–Crippen LogP) is 3.84. The molecule has 1 aliphatic heterocycles. The Morgan fingerprint density at radius 3 is 2.81 bits per heavy atom. The van der Waals surface area contributed by atoms with Gasteiger partial charge >= 0.3 is 6.61 Å². The molecule has 1 saturated heterocycles. The number of anilines is 1. The summed E-state index contributed by atoms with van der Waals surface area (Å²) in [5, 5.41) is 6.96. The van der Waals surface area contributed by atoms with Gasteiger partial charge in [-0.05, 0) is 37.3 Å². The van der Waals surface area contributed by atoms with Gasteiger partial charge in [0, 0.05) is 32.2 Å². The minimum atomic E-state index is -2.81. The van der Waals surface area contributed by atoms with E-state index < -0.39 is 6.61 Å².